The van der Waals surface area contributed by atoms with Crippen molar-refractivity contribution in [2.45, 2.75) is 38.6 Å². The minimum absolute atomic E-state index is 0.0184. The van der Waals surface area contributed by atoms with Crippen molar-refractivity contribution in [2.75, 3.05) is 13.7 Å². The molecule has 0 aliphatic rings. The molecule has 0 bridgehead atoms. The van der Waals surface area contributed by atoms with Crippen LogP contribution in [-0.4, -0.2) is 22.1 Å². The van der Waals surface area contributed by atoms with Gasteiger partial charge in [0.15, 0.2) is 0 Å². The number of nitrogens with one attached hydrogen (secondary N) is 1. The van der Waals surface area contributed by atoms with Gasteiger partial charge in [-0.1, -0.05) is 32.4 Å². The van der Waals surface area contributed by atoms with Gasteiger partial charge in [-0.2, -0.15) is 0 Å². The molecule has 0 amide bonds. The minimum atomic E-state index is -3.72. The maximum atomic E-state index is 12.5. The Morgan fingerprint density at radius 1 is 1.38 bits per heavy atom. The largest absolute Gasteiger partial charge is 0.495 e. The summed E-state index contributed by atoms with van der Waals surface area (Å²) in [6, 6.07) is 2.98. The SMILES string of the molecule is CCC(C)(C)CNS(=O)(=O)c1cc(Cl)cc(CN)c1OC. The number of nitrogens with two attached hydrogens (primary N) is 1. The molecule has 3 N–H and O–H groups in total. The molecule has 0 aliphatic carbocycles. The molecular weight excluding hydrogens is 312 g/mol. The Kier molecular flexibility index (Phi) is 6.04. The summed E-state index contributed by atoms with van der Waals surface area (Å²) < 4.78 is 32.8. The lowest BCUT2D eigenvalue weighted by molar-refractivity contribution is 0.349. The van der Waals surface area contributed by atoms with Gasteiger partial charge in [0.2, 0.25) is 10.0 Å². The maximum Gasteiger partial charge on any atom is 0.244 e. The zero-order valence-corrected chi connectivity index (χ0v) is 14.4. The second-order valence-electron chi connectivity index (χ2n) is 5.64. The number of benzene rings is 1. The van der Waals surface area contributed by atoms with E-state index in [1.807, 2.05) is 20.8 Å². The number of hydrogen-bond donors (Lipinski definition) is 2. The van der Waals surface area contributed by atoms with Gasteiger partial charge in [0.25, 0.3) is 0 Å². The van der Waals surface area contributed by atoms with E-state index in [2.05, 4.69) is 4.72 Å². The van der Waals surface area contributed by atoms with Crippen LogP contribution in [0.2, 0.25) is 5.02 Å². The van der Waals surface area contributed by atoms with Gasteiger partial charge in [0.1, 0.15) is 10.6 Å². The molecule has 0 radical (unpaired) electrons. The highest BCUT2D eigenvalue weighted by Gasteiger charge is 2.25. The molecule has 120 valence electrons. The number of sulfonamides is 1. The molecule has 7 heteroatoms. The van der Waals surface area contributed by atoms with E-state index >= 15 is 0 Å². The highest BCUT2D eigenvalue weighted by Crippen LogP contribution is 2.32. The molecule has 0 unspecified atom stereocenters. The first-order valence-electron chi connectivity index (χ1n) is 6.73. The molecule has 0 saturated carbocycles. The van der Waals surface area contributed by atoms with E-state index in [1.54, 1.807) is 6.07 Å². The smallest absolute Gasteiger partial charge is 0.244 e. The van der Waals surface area contributed by atoms with Crippen LogP contribution in [0.5, 0.6) is 5.75 Å². The Morgan fingerprint density at radius 2 is 2.00 bits per heavy atom. The summed E-state index contributed by atoms with van der Waals surface area (Å²) in [6.45, 7) is 6.49. The molecule has 5 nitrogen and oxygen atoms in total. The van der Waals surface area contributed by atoms with Gasteiger partial charge in [-0.15, -0.1) is 0 Å². The highest BCUT2D eigenvalue weighted by atomic mass is 35.5. The first-order valence-corrected chi connectivity index (χ1v) is 8.59. The van der Waals surface area contributed by atoms with Gasteiger partial charge in [-0.25, -0.2) is 13.1 Å². The van der Waals surface area contributed by atoms with E-state index in [0.717, 1.165) is 6.42 Å². The normalized spacial score (nSPS) is 12.5. The van der Waals surface area contributed by atoms with Crippen molar-refractivity contribution in [2.24, 2.45) is 11.1 Å². The van der Waals surface area contributed by atoms with Crippen LogP contribution < -0.4 is 15.2 Å². The summed E-state index contributed by atoms with van der Waals surface area (Å²) in [5, 5.41) is 0.311. The summed E-state index contributed by atoms with van der Waals surface area (Å²) >= 11 is 5.98. The first-order chi connectivity index (χ1) is 9.66. The summed E-state index contributed by atoms with van der Waals surface area (Å²) in [5.41, 5.74) is 6.04. The van der Waals surface area contributed by atoms with E-state index in [9.17, 15) is 8.42 Å². The average Bonchev–Trinajstić information content (AvgIpc) is 2.44. The van der Waals surface area contributed by atoms with Crippen LogP contribution in [0.4, 0.5) is 0 Å². The standard InChI is InChI=1S/C14H23ClN2O3S/c1-5-14(2,3)9-17-21(18,19)12-7-11(15)6-10(8-16)13(12)20-4/h6-7,17H,5,8-9,16H2,1-4H3. The van der Waals surface area contributed by atoms with E-state index in [0.29, 0.717) is 17.1 Å². The van der Waals surface area contributed by atoms with Crippen molar-refractivity contribution < 1.29 is 13.2 Å². The zero-order valence-electron chi connectivity index (χ0n) is 12.9. The van der Waals surface area contributed by atoms with Crippen LogP contribution >= 0.6 is 11.6 Å². The van der Waals surface area contributed by atoms with Crippen LogP contribution in [-0.2, 0) is 16.6 Å². The van der Waals surface area contributed by atoms with Crippen molar-refractivity contribution >= 4 is 21.6 Å². The van der Waals surface area contributed by atoms with E-state index < -0.39 is 10.0 Å². The Hall–Kier alpha value is -0.820. The van der Waals surface area contributed by atoms with E-state index in [4.69, 9.17) is 22.1 Å². The Bertz CT molecular complexity index is 600. The predicted octanol–water partition coefficient (Wildman–Crippen LogP) is 2.52. The minimum Gasteiger partial charge on any atom is -0.495 e. The van der Waals surface area contributed by atoms with Gasteiger partial charge >= 0.3 is 0 Å². The average molecular weight is 335 g/mol. The molecule has 0 spiro atoms. The van der Waals surface area contributed by atoms with Crippen molar-refractivity contribution in [1.82, 2.24) is 4.72 Å². The van der Waals surface area contributed by atoms with Gasteiger partial charge in [-0.3, -0.25) is 0 Å². The van der Waals surface area contributed by atoms with Crippen molar-refractivity contribution in [3.63, 3.8) is 0 Å². The topological polar surface area (TPSA) is 81.4 Å². The third-order valence-electron chi connectivity index (χ3n) is 3.51. The maximum absolute atomic E-state index is 12.5. The molecule has 0 fully saturated rings. The second kappa shape index (κ2) is 6.96. The lowest BCUT2D eigenvalue weighted by Crippen LogP contribution is -2.34. The fraction of sp³-hybridized carbons (Fsp3) is 0.571. The number of rotatable bonds is 7. The van der Waals surface area contributed by atoms with Gasteiger partial charge < -0.3 is 10.5 Å². The Morgan fingerprint density at radius 3 is 2.48 bits per heavy atom. The Balaban J connectivity index is 3.22. The molecule has 0 aromatic heterocycles. The zero-order chi connectivity index (χ0) is 16.3. The molecule has 0 aliphatic heterocycles. The summed E-state index contributed by atoms with van der Waals surface area (Å²) in [5.74, 6) is 0.240. The van der Waals surface area contributed by atoms with Crippen LogP contribution in [0.1, 0.15) is 32.8 Å². The molecule has 0 saturated heterocycles. The van der Waals surface area contributed by atoms with E-state index in [1.165, 1.54) is 13.2 Å². The van der Waals surface area contributed by atoms with Crippen molar-refractivity contribution in [1.29, 1.82) is 0 Å². The Labute approximate surface area is 131 Å². The second-order valence-corrected chi connectivity index (χ2v) is 7.81. The predicted molar refractivity (Wildman–Crippen MR) is 85.2 cm³/mol. The van der Waals surface area contributed by atoms with Gasteiger partial charge in [-0.05, 0) is 24.0 Å². The number of halogens is 1. The molecule has 21 heavy (non-hydrogen) atoms. The summed E-state index contributed by atoms with van der Waals surface area (Å²) in [6.07, 6.45) is 0.857. The summed E-state index contributed by atoms with van der Waals surface area (Å²) in [4.78, 5) is 0.0184. The van der Waals surface area contributed by atoms with Crippen LogP contribution in [0.15, 0.2) is 17.0 Å². The fourth-order valence-corrected chi connectivity index (χ4v) is 3.48. The van der Waals surface area contributed by atoms with Crippen molar-refractivity contribution in [3.8, 4) is 5.75 Å². The number of ether oxygens (including phenoxy) is 1. The summed E-state index contributed by atoms with van der Waals surface area (Å²) in [7, 11) is -2.30. The van der Waals surface area contributed by atoms with Gasteiger partial charge in [0.05, 0.1) is 7.11 Å². The molecule has 1 rings (SSSR count). The molecule has 1 aromatic rings. The lowest BCUT2D eigenvalue weighted by Gasteiger charge is -2.23. The molecule has 0 heterocycles. The monoisotopic (exact) mass is 334 g/mol. The third kappa shape index (κ3) is 4.57. The van der Waals surface area contributed by atoms with Gasteiger partial charge in [0, 0.05) is 23.7 Å². The molecule has 1 aromatic carbocycles. The highest BCUT2D eigenvalue weighted by molar-refractivity contribution is 7.89. The van der Waals surface area contributed by atoms with Crippen LogP contribution in [0.25, 0.3) is 0 Å². The van der Waals surface area contributed by atoms with Crippen LogP contribution in [0.3, 0.4) is 0 Å². The first kappa shape index (κ1) is 18.2. The van der Waals surface area contributed by atoms with E-state index in [-0.39, 0.29) is 22.6 Å². The molecular formula is C14H23ClN2O3S. The number of hydrogen-bond acceptors (Lipinski definition) is 4. The third-order valence-corrected chi connectivity index (χ3v) is 5.13. The van der Waals surface area contributed by atoms with Crippen LogP contribution in [0, 0.1) is 5.41 Å². The number of methoxy groups -OCH3 is 1. The molecule has 0 atom stereocenters. The fourth-order valence-electron chi connectivity index (χ4n) is 1.70. The quantitative estimate of drug-likeness (QED) is 0.802. The van der Waals surface area contributed by atoms with Crippen molar-refractivity contribution in [3.05, 3.63) is 22.7 Å². The lowest BCUT2D eigenvalue weighted by atomic mass is 9.91.